The summed E-state index contributed by atoms with van der Waals surface area (Å²) in [6.45, 7) is 6.11. The van der Waals surface area contributed by atoms with Crippen LogP contribution in [0.4, 0.5) is 0 Å². The van der Waals surface area contributed by atoms with E-state index < -0.39 is 0 Å². The van der Waals surface area contributed by atoms with E-state index in [1.165, 1.54) is 6.42 Å². The Labute approximate surface area is 92.5 Å². The second-order valence-electron chi connectivity index (χ2n) is 4.02. The van der Waals surface area contributed by atoms with Crippen LogP contribution >= 0.6 is 0 Å². The van der Waals surface area contributed by atoms with Gasteiger partial charge in [0.05, 0.1) is 0 Å². The molecule has 3 N–H and O–H groups in total. The molecule has 4 nitrogen and oxygen atoms in total. The third-order valence-corrected chi connectivity index (χ3v) is 2.75. The minimum absolute atomic E-state index is 0.114. The van der Waals surface area contributed by atoms with Gasteiger partial charge >= 0.3 is 0 Å². The fourth-order valence-electron chi connectivity index (χ4n) is 2.00. The Balaban J connectivity index is 2.15. The van der Waals surface area contributed by atoms with Crippen LogP contribution in [0.15, 0.2) is 0 Å². The van der Waals surface area contributed by atoms with E-state index in [2.05, 4.69) is 5.32 Å². The highest BCUT2D eigenvalue weighted by Gasteiger charge is 2.22. The summed E-state index contributed by atoms with van der Waals surface area (Å²) in [5.74, 6) is 0. The molecule has 0 bridgehead atoms. The summed E-state index contributed by atoms with van der Waals surface area (Å²) in [6, 6.07) is 0.920. The summed E-state index contributed by atoms with van der Waals surface area (Å²) in [5, 5.41) is 3.45. The molecule has 0 aliphatic heterocycles. The van der Waals surface area contributed by atoms with Crippen LogP contribution in [0.1, 0.15) is 33.1 Å². The summed E-state index contributed by atoms with van der Waals surface area (Å²) >= 11 is 0. The molecule has 90 valence electrons. The van der Waals surface area contributed by atoms with Crippen molar-refractivity contribution >= 4 is 0 Å². The van der Waals surface area contributed by atoms with Crippen LogP contribution in [-0.4, -0.2) is 38.1 Å². The molecule has 0 radical (unpaired) electrons. The molecule has 0 heterocycles. The standard InChI is InChI=1S/C11H24N2O2/c1-3-14-11(15-4-2)8-13-10-6-5-9(12)7-10/h9-11,13H,3-8,12H2,1-2H3. The lowest BCUT2D eigenvalue weighted by Gasteiger charge is -2.20. The van der Waals surface area contributed by atoms with E-state index in [-0.39, 0.29) is 6.29 Å². The highest BCUT2D eigenvalue weighted by atomic mass is 16.7. The predicted molar refractivity (Wildman–Crippen MR) is 60.7 cm³/mol. The molecule has 1 saturated carbocycles. The molecule has 2 atom stereocenters. The minimum atomic E-state index is -0.114. The van der Waals surface area contributed by atoms with Crippen molar-refractivity contribution < 1.29 is 9.47 Å². The van der Waals surface area contributed by atoms with Crippen molar-refractivity contribution in [1.82, 2.24) is 5.32 Å². The highest BCUT2D eigenvalue weighted by molar-refractivity contribution is 4.82. The van der Waals surface area contributed by atoms with Crippen LogP contribution in [0, 0.1) is 0 Å². The maximum absolute atomic E-state index is 5.85. The van der Waals surface area contributed by atoms with Gasteiger partial charge in [-0.05, 0) is 33.1 Å². The Hall–Kier alpha value is -0.160. The summed E-state index contributed by atoms with van der Waals surface area (Å²) in [4.78, 5) is 0. The van der Waals surface area contributed by atoms with Crippen LogP contribution in [0.2, 0.25) is 0 Å². The molecule has 1 aliphatic rings. The predicted octanol–water partition coefficient (Wildman–Crippen LogP) is 0.855. The Bertz CT molecular complexity index is 161. The Morgan fingerprint density at radius 1 is 1.27 bits per heavy atom. The number of hydrogen-bond donors (Lipinski definition) is 2. The lowest BCUT2D eigenvalue weighted by molar-refractivity contribution is -0.133. The average Bonchev–Trinajstić information content (AvgIpc) is 2.61. The molecular weight excluding hydrogens is 192 g/mol. The Morgan fingerprint density at radius 3 is 2.40 bits per heavy atom. The minimum Gasteiger partial charge on any atom is -0.352 e. The maximum Gasteiger partial charge on any atom is 0.169 e. The van der Waals surface area contributed by atoms with E-state index in [4.69, 9.17) is 15.2 Å². The fourth-order valence-corrected chi connectivity index (χ4v) is 2.00. The number of nitrogens with one attached hydrogen (secondary N) is 1. The lowest BCUT2D eigenvalue weighted by Crippen LogP contribution is -2.37. The van der Waals surface area contributed by atoms with Crippen molar-refractivity contribution in [2.75, 3.05) is 19.8 Å². The third kappa shape index (κ3) is 4.93. The summed E-state index contributed by atoms with van der Waals surface area (Å²) in [7, 11) is 0. The highest BCUT2D eigenvalue weighted by Crippen LogP contribution is 2.16. The molecule has 0 aromatic rings. The molecule has 1 fully saturated rings. The van der Waals surface area contributed by atoms with Gasteiger partial charge in [0.2, 0.25) is 0 Å². The van der Waals surface area contributed by atoms with Crippen molar-refractivity contribution in [3.63, 3.8) is 0 Å². The monoisotopic (exact) mass is 216 g/mol. The number of nitrogens with two attached hydrogens (primary N) is 1. The maximum atomic E-state index is 5.85. The molecule has 0 amide bonds. The fraction of sp³-hybridized carbons (Fsp3) is 1.00. The van der Waals surface area contributed by atoms with E-state index in [1.807, 2.05) is 13.8 Å². The van der Waals surface area contributed by atoms with Crippen LogP contribution in [0.5, 0.6) is 0 Å². The van der Waals surface area contributed by atoms with E-state index in [0.717, 1.165) is 19.4 Å². The van der Waals surface area contributed by atoms with Gasteiger partial charge in [-0.2, -0.15) is 0 Å². The number of rotatable bonds is 7. The molecule has 0 saturated heterocycles. The van der Waals surface area contributed by atoms with Crippen LogP contribution in [-0.2, 0) is 9.47 Å². The van der Waals surface area contributed by atoms with Crippen molar-refractivity contribution in [2.24, 2.45) is 5.73 Å². The number of hydrogen-bond acceptors (Lipinski definition) is 4. The molecule has 0 spiro atoms. The van der Waals surface area contributed by atoms with Crippen molar-refractivity contribution in [3.05, 3.63) is 0 Å². The SMILES string of the molecule is CCOC(CNC1CCC(N)C1)OCC. The zero-order valence-electron chi connectivity index (χ0n) is 9.87. The Morgan fingerprint density at radius 2 is 1.93 bits per heavy atom. The van der Waals surface area contributed by atoms with E-state index >= 15 is 0 Å². The Kier molecular flexibility index (Phi) is 6.17. The van der Waals surface area contributed by atoms with Gasteiger partial charge in [0, 0.05) is 31.8 Å². The van der Waals surface area contributed by atoms with E-state index in [9.17, 15) is 0 Å². The summed E-state index contributed by atoms with van der Waals surface area (Å²) in [5.41, 5.74) is 5.85. The van der Waals surface area contributed by atoms with Crippen LogP contribution in [0.25, 0.3) is 0 Å². The molecule has 1 rings (SSSR count). The molecule has 0 aromatic heterocycles. The van der Waals surface area contributed by atoms with Gasteiger partial charge in [-0.1, -0.05) is 0 Å². The van der Waals surface area contributed by atoms with Gasteiger partial charge in [0.25, 0.3) is 0 Å². The van der Waals surface area contributed by atoms with Gasteiger partial charge in [0.1, 0.15) is 0 Å². The second-order valence-corrected chi connectivity index (χ2v) is 4.02. The molecule has 0 aromatic carbocycles. The quantitative estimate of drug-likeness (QED) is 0.620. The first-order valence-corrected chi connectivity index (χ1v) is 5.98. The molecule has 15 heavy (non-hydrogen) atoms. The van der Waals surface area contributed by atoms with Gasteiger partial charge in [0.15, 0.2) is 6.29 Å². The average molecular weight is 216 g/mol. The van der Waals surface area contributed by atoms with Crippen LogP contribution in [0.3, 0.4) is 0 Å². The first kappa shape index (κ1) is 12.9. The van der Waals surface area contributed by atoms with Gasteiger partial charge in [-0.3, -0.25) is 0 Å². The smallest absolute Gasteiger partial charge is 0.169 e. The zero-order chi connectivity index (χ0) is 11.1. The van der Waals surface area contributed by atoms with E-state index in [0.29, 0.717) is 25.3 Å². The zero-order valence-corrected chi connectivity index (χ0v) is 9.87. The van der Waals surface area contributed by atoms with Crippen molar-refractivity contribution in [1.29, 1.82) is 0 Å². The van der Waals surface area contributed by atoms with Crippen LogP contribution < -0.4 is 11.1 Å². The molecule has 4 heteroatoms. The van der Waals surface area contributed by atoms with Crippen molar-refractivity contribution in [3.8, 4) is 0 Å². The van der Waals surface area contributed by atoms with E-state index in [1.54, 1.807) is 0 Å². The summed E-state index contributed by atoms with van der Waals surface area (Å²) in [6.07, 6.45) is 3.26. The first-order chi connectivity index (χ1) is 7.26. The van der Waals surface area contributed by atoms with Gasteiger partial charge in [-0.25, -0.2) is 0 Å². The first-order valence-electron chi connectivity index (χ1n) is 5.98. The normalized spacial score (nSPS) is 26.4. The topological polar surface area (TPSA) is 56.5 Å². The molecular formula is C11H24N2O2. The van der Waals surface area contributed by atoms with Gasteiger partial charge in [-0.15, -0.1) is 0 Å². The largest absolute Gasteiger partial charge is 0.352 e. The number of ether oxygens (including phenoxy) is 2. The van der Waals surface area contributed by atoms with Gasteiger partial charge < -0.3 is 20.5 Å². The molecule has 1 aliphatic carbocycles. The second kappa shape index (κ2) is 7.17. The lowest BCUT2D eigenvalue weighted by atomic mass is 10.2. The molecule has 2 unspecified atom stereocenters. The third-order valence-electron chi connectivity index (χ3n) is 2.75. The summed E-state index contributed by atoms with van der Waals surface area (Å²) < 4.78 is 10.9. The van der Waals surface area contributed by atoms with Crippen molar-refractivity contribution in [2.45, 2.75) is 51.5 Å².